The molecule has 1 aromatic heterocycles. The van der Waals surface area contributed by atoms with Crippen LogP contribution < -0.4 is 10.2 Å². The fourth-order valence-electron chi connectivity index (χ4n) is 2.59. The second kappa shape index (κ2) is 6.69. The topological polar surface area (TPSA) is 50.2 Å². The van der Waals surface area contributed by atoms with Crippen LogP contribution >= 0.6 is 23.2 Å². The lowest BCUT2D eigenvalue weighted by atomic mass is 10.2. The molecule has 1 aromatic carbocycles. The predicted molar refractivity (Wildman–Crippen MR) is 87.4 cm³/mol. The maximum Gasteiger partial charge on any atom is 0.244 e. The maximum atomic E-state index is 12.5. The number of hydrogen-bond acceptors (Lipinski definition) is 3. The van der Waals surface area contributed by atoms with Crippen LogP contribution in [0.3, 0.4) is 0 Å². The third-order valence-corrected chi connectivity index (χ3v) is 4.23. The van der Waals surface area contributed by atoms with Gasteiger partial charge in [0.15, 0.2) is 0 Å². The summed E-state index contributed by atoms with van der Waals surface area (Å²) in [6.07, 6.45) is 4.40. The number of rotatable bonds is 5. The molecule has 1 unspecified atom stereocenters. The van der Waals surface area contributed by atoms with Crippen LogP contribution in [0.2, 0.25) is 10.0 Å². The molecule has 1 aliphatic rings. The van der Waals surface area contributed by atoms with Crippen molar-refractivity contribution in [2.24, 2.45) is 0 Å². The summed E-state index contributed by atoms with van der Waals surface area (Å²) in [5, 5.41) is 8.47. The fraction of sp³-hybridized carbons (Fsp3) is 0.333. The Morgan fingerprint density at radius 3 is 2.95 bits per heavy atom. The lowest BCUT2D eigenvalue weighted by Crippen LogP contribution is -2.39. The summed E-state index contributed by atoms with van der Waals surface area (Å²) in [5.41, 5.74) is 0.715. The molecule has 3 rings (SSSR count). The zero-order valence-corrected chi connectivity index (χ0v) is 13.4. The molecule has 5 nitrogen and oxygen atoms in total. The number of nitrogens with one attached hydrogen (secondary N) is 1. The third-order valence-electron chi connectivity index (χ3n) is 3.70. The molecular weight excluding hydrogens is 323 g/mol. The van der Waals surface area contributed by atoms with Gasteiger partial charge in [0.05, 0.1) is 23.3 Å². The van der Waals surface area contributed by atoms with Crippen molar-refractivity contribution in [3.8, 4) is 0 Å². The fourth-order valence-corrected chi connectivity index (χ4v) is 3.11. The standard InChI is InChI=1S/C15H16Cl2N4O/c16-11-2-3-14(12(17)10-11)21-8-4-13(15(21)22)18-6-9-20-7-1-5-19-20/h1-3,5,7,10,13,18H,4,6,8-9H2. The average Bonchev–Trinajstić information content (AvgIpc) is 3.11. The van der Waals surface area contributed by atoms with E-state index in [1.54, 1.807) is 29.3 Å². The summed E-state index contributed by atoms with van der Waals surface area (Å²) in [4.78, 5) is 14.2. The highest BCUT2D eigenvalue weighted by atomic mass is 35.5. The number of halogens is 2. The molecule has 7 heteroatoms. The van der Waals surface area contributed by atoms with E-state index in [2.05, 4.69) is 10.4 Å². The van der Waals surface area contributed by atoms with E-state index in [-0.39, 0.29) is 11.9 Å². The highest BCUT2D eigenvalue weighted by Crippen LogP contribution is 2.31. The highest BCUT2D eigenvalue weighted by Gasteiger charge is 2.32. The van der Waals surface area contributed by atoms with E-state index in [0.29, 0.717) is 28.8 Å². The zero-order valence-electron chi connectivity index (χ0n) is 11.9. The minimum absolute atomic E-state index is 0.0460. The second-order valence-corrected chi connectivity index (χ2v) is 5.99. The molecule has 116 valence electrons. The molecule has 0 radical (unpaired) electrons. The molecule has 22 heavy (non-hydrogen) atoms. The Morgan fingerprint density at radius 2 is 2.23 bits per heavy atom. The van der Waals surface area contributed by atoms with Gasteiger partial charge in [0.1, 0.15) is 0 Å². The van der Waals surface area contributed by atoms with Gasteiger partial charge in [-0.2, -0.15) is 5.10 Å². The van der Waals surface area contributed by atoms with E-state index in [4.69, 9.17) is 23.2 Å². The molecule has 1 fully saturated rings. The van der Waals surface area contributed by atoms with Crippen LogP contribution in [-0.2, 0) is 11.3 Å². The zero-order chi connectivity index (χ0) is 15.5. The van der Waals surface area contributed by atoms with E-state index in [1.807, 2.05) is 16.9 Å². The SMILES string of the molecule is O=C1C(NCCn2cccn2)CCN1c1ccc(Cl)cc1Cl. The van der Waals surface area contributed by atoms with Crippen molar-refractivity contribution in [3.05, 3.63) is 46.7 Å². The molecule has 1 N–H and O–H groups in total. The Labute approximate surface area is 138 Å². The molecule has 0 saturated carbocycles. The summed E-state index contributed by atoms with van der Waals surface area (Å²) < 4.78 is 1.83. The van der Waals surface area contributed by atoms with Crippen molar-refractivity contribution in [3.63, 3.8) is 0 Å². The van der Waals surface area contributed by atoms with E-state index in [9.17, 15) is 4.79 Å². The molecule has 0 bridgehead atoms. The van der Waals surface area contributed by atoms with Crippen LogP contribution in [0.1, 0.15) is 6.42 Å². The molecule has 0 spiro atoms. The molecule has 2 heterocycles. The predicted octanol–water partition coefficient (Wildman–Crippen LogP) is 2.58. The normalized spacial score (nSPS) is 18.2. The molecule has 0 aliphatic carbocycles. The number of benzene rings is 1. The number of carbonyl (C=O) groups excluding carboxylic acids is 1. The lowest BCUT2D eigenvalue weighted by Gasteiger charge is -2.18. The summed E-state index contributed by atoms with van der Waals surface area (Å²) in [6, 6.07) is 6.89. The number of amides is 1. The van der Waals surface area contributed by atoms with Crippen LogP contribution in [-0.4, -0.2) is 34.8 Å². The van der Waals surface area contributed by atoms with Crippen LogP contribution in [0, 0.1) is 0 Å². The Kier molecular flexibility index (Phi) is 4.66. The molecule has 1 amide bonds. The van der Waals surface area contributed by atoms with E-state index in [1.165, 1.54) is 0 Å². The Bertz CT molecular complexity index is 660. The molecule has 1 aliphatic heterocycles. The molecule has 1 saturated heterocycles. The minimum Gasteiger partial charge on any atom is -0.310 e. The molecular formula is C15H16Cl2N4O. The van der Waals surface area contributed by atoms with Crippen LogP contribution in [0.25, 0.3) is 0 Å². The van der Waals surface area contributed by atoms with E-state index >= 15 is 0 Å². The molecule has 1 atom stereocenters. The van der Waals surface area contributed by atoms with Crippen LogP contribution in [0.5, 0.6) is 0 Å². The average molecular weight is 339 g/mol. The highest BCUT2D eigenvalue weighted by molar-refractivity contribution is 6.36. The van der Waals surface area contributed by atoms with Crippen LogP contribution in [0.15, 0.2) is 36.7 Å². The van der Waals surface area contributed by atoms with Crippen molar-refractivity contribution >= 4 is 34.8 Å². The Hall–Kier alpha value is -1.56. The van der Waals surface area contributed by atoms with E-state index < -0.39 is 0 Å². The van der Waals surface area contributed by atoms with E-state index in [0.717, 1.165) is 13.0 Å². The number of hydrogen-bond donors (Lipinski definition) is 1. The monoisotopic (exact) mass is 338 g/mol. The first kappa shape index (κ1) is 15.3. The Balaban J connectivity index is 1.59. The van der Waals surface area contributed by atoms with Gasteiger partial charge in [-0.1, -0.05) is 23.2 Å². The van der Waals surface area contributed by atoms with Gasteiger partial charge < -0.3 is 10.2 Å². The summed E-state index contributed by atoms with van der Waals surface area (Å²) in [7, 11) is 0. The largest absolute Gasteiger partial charge is 0.310 e. The number of carbonyl (C=O) groups is 1. The van der Waals surface area contributed by atoms with Gasteiger partial charge in [0.2, 0.25) is 5.91 Å². The summed E-state index contributed by atoms with van der Waals surface area (Å²) >= 11 is 12.1. The number of nitrogens with zero attached hydrogens (tertiary/aromatic N) is 3. The van der Waals surface area contributed by atoms with Crippen molar-refractivity contribution in [2.75, 3.05) is 18.0 Å². The minimum atomic E-state index is -0.178. The van der Waals surface area contributed by atoms with Gasteiger partial charge in [-0.25, -0.2) is 0 Å². The van der Waals surface area contributed by atoms with Crippen molar-refractivity contribution in [1.29, 1.82) is 0 Å². The van der Waals surface area contributed by atoms with Gasteiger partial charge in [0.25, 0.3) is 0 Å². The Morgan fingerprint density at radius 1 is 1.36 bits per heavy atom. The third kappa shape index (κ3) is 3.27. The number of aromatic nitrogens is 2. The van der Waals surface area contributed by atoms with Crippen molar-refractivity contribution < 1.29 is 4.79 Å². The van der Waals surface area contributed by atoms with Gasteiger partial charge in [-0.15, -0.1) is 0 Å². The van der Waals surface area contributed by atoms with Crippen LogP contribution in [0.4, 0.5) is 5.69 Å². The van der Waals surface area contributed by atoms with Crippen molar-refractivity contribution in [2.45, 2.75) is 19.0 Å². The maximum absolute atomic E-state index is 12.5. The first-order valence-corrected chi connectivity index (χ1v) is 7.88. The first-order valence-electron chi connectivity index (χ1n) is 7.12. The van der Waals surface area contributed by atoms with Gasteiger partial charge >= 0.3 is 0 Å². The summed E-state index contributed by atoms with van der Waals surface area (Å²) in [5.74, 6) is 0.0460. The lowest BCUT2D eigenvalue weighted by molar-refractivity contribution is -0.118. The first-order chi connectivity index (χ1) is 10.6. The van der Waals surface area contributed by atoms with Crippen molar-refractivity contribution in [1.82, 2.24) is 15.1 Å². The second-order valence-electron chi connectivity index (χ2n) is 5.15. The van der Waals surface area contributed by atoms with Gasteiger partial charge in [0, 0.05) is 30.5 Å². The van der Waals surface area contributed by atoms with Gasteiger partial charge in [-0.05, 0) is 30.7 Å². The quantitative estimate of drug-likeness (QED) is 0.911. The summed E-state index contributed by atoms with van der Waals surface area (Å²) in [6.45, 7) is 2.08. The van der Waals surface area contributed by atoms with Gasteiger partial charge in [-0.3, -0.25) is 9.48 Å². The number of anilines is 1. The smallest absolute Gasteiger partial charge is 0.244 e. The molecule has 2 aromatic rings.